The number of methoxy groups -OCH3 is 2. The molecular weight excluding hydrogens is 510 g/mol. The molecule has 5 rings (SSSR count). The highest BCUT2D eigenvalue weighted by atomic mass is 35.5. The van der Waals surface area contributed by atoms with Gasteiger partial charge in [-0.1, -0.05) is 34.6 Å². The van der Waals surface area contributed by atoms with Gasteiger partial charge in [0.2, 0.25) is 11.7 Å². The Kier molecular flexibility index (Phi) is 7.16. The predicted octanol–water partition coefficient (Wildman–Crippen LogP) is 6.56. The predicted molar refractivity (Wildman–Crippen MR) is 144 cm³/mol. The number of halogens is 1. The van der Waals surface area contributed by atoms with Crippen molar-refractivity contribution in [2.45, 2.75) is 24.8 Å². The topological polar surface area (TPSA) is 88.1 Å². The third kappa shape index (κ3) is 5.19. The average molecular weight is 534 g/mol. The molecule has 10 heteroatoms. The number of rotatable bonds is 8. The second-order valence-electron chi connectivity index (χ2n) is 8.28. The van der Waals surface area contributed by atoms with Gasteiger partial charge >= 0.3 is 0 Å². The number of aromatic nitrogens is 5. The van der Waals surface area contributed by atoms with Gasteiger partial charge in [0.05, 0.1) is 31.2 Å². The normalized spacial score (nSPS) is 11.1. The Morgan fingerprint density at radius 3 is 2.46 bits per heavy atom. The van der Waals surface area contributed by atoms with Gasteiger partial charge in [0.1, 0.15) is 11.5 Å². The Balaban J connectivity index is 1.45. The van der Waals surface area contributed by atoms with E-state index >= 15 is 0 Å². The maximum absolute atomic E-state index is 6.11. The largest absolute Gasteiger partial charge is 0.497 e. The number of hydrogen-bond donors (Lipinski definition) is 0. The minimum Gasteiger partial charge on any atom is -0.497 e. The van der Waals surface area contributed by atoms with Gasteiger partial charge in [-0.25, -0.2) is 0 Å². The van der Waals surface area contributed by atoms with Crippen molar-refractivity contribution in [1.82, 2.24) is 24.9 Å². The monoisotopic (exact) mass is 533 g/mol. The SMILES string of the molecule is COc1ccc(-c2noc(CSc3nnc(-c4ccc(Cl)cc4)n3-c3ccc(C)c(C)c3)n2)c(OC)c1. The second kappa shape index (κ2) is 10.7. The van der Waals surface area contributed by atoms with Crippen LogP contribution in [0.1, 0.15) is 17.0 Å². The van der Waals surface area contributed by atoms with Crippen molar-refractivity contribution in [2.75, 3.05) is 14.2 Å². The second-order valence-corrected chi connectivity index (χ2v) is 9.66. The molecule has 0 atom stereocenters. The Labute approximate surface area is 223 Å². The third-order valence-corrected chi connectivity index (χ3v) is 7.09. The van der Waals surface area contributed by atoms with Crippen LogP contribution in [0, 0.1) is 13.8 Å². The number of hydrogen-bond acceptors (Lipinski definition) is 8. The van der Waals surface area contributed by atoms with Crippen molar-refractivity contribution in [3.8, 4) is 40.0 Å². The molecule has 0 fully saturated rings. The van der Waals surface area contributed by atoms with Crippen LogP contribution < -0.4 is 9.47 Å². The lowest BCUT2D eigenvalue weighted by atomic mass is 10.1. The van der Waals surface area contributed by atoms with E-state index in [1.807, 2.05) is 41.0 Å². The van der Waals surface area contributed by atoms with Crippen LogP contribution >= 0.6 is 23.4 Å². The first-order valence-electron chi connectivity index (χ1n) is 11.4. The summed E-state index contributed by atoms with van der Waals surface area (Å²) in [6, 6.07) is 19.3. The first-order valence-corrected chi connectivity index (χ1v) is 12.8. The fraction of sp³-hybridized carbons (Fsp3) is 0.185. The molecule has 0 amide bonds. The summed E-state index contributed by atoms with van der Waals surface area (Å²) in [5, 5.41) is 14.5. The summed E-state index contributed by atoms with van der Waals surface area (Å²) in [5.74, 6) is 3.31. The lowest BCUT2D eigenvalue weighted by Crippen LogP contribution is -2.01. The molecule has 5 aromatic rings. The van der Waals surface area contributed by atoms with Crippen molar-refractivity contribution in [2.24, 2.45) is 0 Å². The van der Waals surface area contributed by atoms with Crippen LogP contribution in [-0.4, -0.2) is 39.1 Å². The molecule has 0 saturated heterocycles. The van der Waals surface area contributed by atoms with Crippen molar-refractivity contribution < 1.29 is 14.0 Å². The number of thioether (sulfide) groups is 1. The van der Waals surface area contributed by atoms with E-state index in [-0.39, 0.29) is 0 Å². The minimum absolute atomic E-state index is 0.412. The molecular formula is C27H24ClN5O3S. The van der Waals surface area contributed by atoms with E-state index < -0.39 is 0 Å². The molecule has 0 N–H and O–H groups in total. The number of ether oxygens (including phenoxy) is 2. The van der Waals surface area contributed by atoms with Gasteiger partial charge in [0.25, 0.3) is 0 Å². The molecule has 0 unspecified atom stereocenters. The highest BCUT2D eigenvalue weighted by molar-refractivity contribution is 7.98. The summed E-state index contributed by atoms with van der Waals surface area (Å²) in [6.07, 6.45) is 0. The molecule has 0 aliphatic carbocycles. The summed E-state index contributed by atoms with van der Waals surface area (Å²) in [6.45, 7) is 4.18. The Hall–Kier alpha value is -3.82. The van der Waals surface area contributed by atoms with Crippen LogP contribution in [0.4, 0.5) is 0 Å². The molecule has 0 aliphatic heterocycles. The van der Waals surface area contributed by atoms with Crippen LogP contribution in [0.15, 0.2) is 70.3 Å². The molecule has 0 bridgehead atoms. The Morgan fingerprint density at radius 2 is 1.73 bits per heavy atom. The highest BCUT2D eigenvalue weighted by Crippen LogP contribution is 2.34. The van der Waals surface area contributed by atoms with Gasteiger partial charge in [-0.2, -0.15) is 4.98 Å². The first-order chi connectivity index (χ1) is 18.0. The van der Waals surface area contributed by atoms with E-state index in [1.54, 1.807) is 20.3 Å². The molecule has 8 nitrogen and oxygen atoms in total. The smallest absolute Gasteiger partial charge is 0.237 e. The summed E-state index contributed by atoms with van der Waals surface area (Å²) in [7, 11) is 3.19. The van der Waals surface area contributed by atoms with Crippen LogP contribution in [0.2, 0.25) is 5.02 Å². The van der Waals surface area contributed by atoms with Gasteiger partial charge in [-0.05, 0) is 73.5 Å². The third-order valence-electron chi connectivity index (χ3n) is 5.93. The summed E-state index contributed by atoms with van der Waals surface area (Å²) in [5.41, 5.74) is 4.99. The van der Waals surface area contributed by atoms with E-state index in [1.165, 1.54) is 22.9 Å². The molecule has 2 aromatic heterocycles. The van der Waals surface area contributed by atoms with Gasteiger partial charge in [0, 0.05) is 16.7 Å². The van der Waals surface area contributed by atoms with E-state index in [2.05, 4.69) is 52.4 Å². The number of benzene rings is 3. The van der Waals surface area contributed by atoms with Gasteiger partial charge in [-0.3, -0.25) is 4.57 Å². The van der Waals surface area contributed by atoms with E-state index in [0.717, 1.165) is 17.1 Å². The fourth-order valence-electron chi connectivity index (χ4n) is 3.78. The molecule has 188 valence electrons. The number of nitrogens with zero attached hydrogens (tertiary/aromatic N) is 5. The average Bonchev–Trinajstić information content (AvgIpc) is 3.56. The zero-order valence-electron chi connectivity index (χ0n) is 20.7. The Morgan fingerprint density at radius 1 is 0.919 bits per heavy atom. The van der Waals surface area contributed by atoms with Gasteiger partial charge < -0.3 is 14.0 Å². The molecule has 3 aromatic carbocycles. The lowest BCUT2D eigenvalue weighted by Gasteiger charge is -2.12. The quantitative estimate of drug-likeness (QED) is 0.207. The standard InChI is InChI=1S/C27H24ClN5O3S/c1-16-5-10-20(13-17(16)2)33-26(18-6-8-19(28)9-7-18)30-31-27(33)37-15-24-29-25(32-36-24)22-12-11-21(34-3)14-23(22)35-4/h5-14H,15H2,1-4H3. The van der Waals surface area contributed by atoms with Crippen LogP contribution in [-0.2, 0) is 5.75 Å². The van der Waals surface area contributed by atoms with Gasteiger partial charge in [0.15, 0.2) is 11.0 Å². The summed E-state index contributed by atoms with van der Waals surface area (Å²) in [4.78, 5) is 4.57. The zero-order chi connectivity index (χ0) is 25.9. The van der Waals surface area contributed by atoms with Crippen molar-refractivity contribution >= 4 is 23.4 Å². The highest BCUT2D eigenvalue weighted by Gasteiger charge is 2.19. The summed E-state index contributed by atoms with van der Waals surface area (Å²) < 4.78 is 18.3. The van der Waals surface area contributed by atoms with E-state index in [9.17, 15) is 0 Å². The fourth-order valence-corrected chi connectivity index (χ4v) is 4.69. The van der Waals surface area contributed by atoms with Crippen LogP contribution in [0.3, 0.4) is 0 Å². The first kappa shape index (κ1) is 24.9. The van der Waals surface area contributed by atoms with Gasteiger partial charge in [-0.15, -0.1) is 10.2 Å². The zero-order valence-corrected chi connectivity index (χ0v) is 22.3. The van der Waals surface area contributed by atoms with E-state index in [0.29, 0.717) is 44.7 Å². The van der Waals surface area contributed by atoms with Crippen molar-refractivity contribution in [3.05, 3.63) is 82.7 Å². The molecule has 0 saturated carbocycles. The number of aryl methyl sites for hydroxylation is 2. The molecule has 0 spiro atoms. The molecule has 0 radical (unpaired) electrons. The van der Waals surface area contributed by atoms with E-state index in [4.69, 9.17) is 25.6 Å². The molecule has 0 aliphatic rings. The Bertz CT molecular complexity index is 1550. The molecule has 37 heavy (non-hydrogen) atoms. The maximum Gasteiger partial charge on any atom is 0.237 e. The van der Waals surface area contributed by atoms with Crippen molar-refractivity contribution in [1.29, 1.82) is 0 Å². The van der Waals surface area contributed by atoms with Crippen molar-refractivity contribution in [3.63, 3.8) is 0 Å². The summed E-state index contributed by atoms with van der Waals surface area (Å²) >= 11 is 7.58. The lowest BCUT2D eigenvalue weighted by molar-refractivity contribution is 0.388. The van der Waals surface area contributed by atoms with Crippen LogP contribution in [0.5, 0.6) is 11.5 Å². The minimum atomic E-state index is 0.412. The molecule has 2 heterocycles. The maximum atomic E-state index is 6.11. The van der Waals surface area contributed by atoms with Crippen LogP contribution in [0.25, 0.3) is 28.5 Å².